The summed E-state index contributed by atoms with van der Waals surface area (Å²) in [5, 5.41) is 3.66. The molecule has 2 rings (SSSR count). The van der Waals surface area contributed by atoms with E-state index in [2.05, 4.69) is 5.16 Å². The van der Waals surface area contributed by atoms with Gasteiger partial charge < -0.3 is 4.28 Å². The number of fused-ring (bicyclic) bond motifs is 1. The van der Waals surface area contributed by atoms with Crippen LogP contribution < -0.4 is 0 Å². The van der Waals surface area contributed by atoms with E-state index >= 15 is 0 Å². The first-order valence-electron chi connectivity index (χ1n) is 2.93. The first kappa shape index (κ1) is 5.80. The minimum absolute atomic E-state index is 1.12. The summed E-state index contributed by atoms with van der Waals surface area (Å²) in [6.45, 7) is 0. The molecule has 1 aliphatic heterocycles. The van der Waals surface area contributed by atoms with E-state index in [0.29, 0.717) is 0 Å². The summed E-state index contributed by atoms with van der Waals surface area (Å²) in [6, 6.07) is 7.98. The third-order valence-corrected chi connectivity index (χ3v) is 1.99. The summed E-state index contributed by atoms with van der Waals surface area (Å²) in [5.41, 5.74) is 1.12. The fraction of sp³-hybridized carbons (Fsp3) is 0. The molecule has 1 heterocycles. The minimum Gasteiger partial charge on any atom is -0.317 e. The Morgan fingerprint density at radius 2 is 2.20 bits per heavy atom. The minimum atomic E-state index is 1.12. The van der Waals surface area contributed by atoms with Gasteiger partial charge in [-0.2, -0.15) is 0 Å². The summed E-state index contributed by atoms with van der Waals surface area (Å²) in [7, 11) is 0. The molecule has 0 N–H and O–H groups in total. The van der Waals surface area contributed by atoms with E-state index in [1.54, 1.807) is 6.21 Å². The molecule has 0 bridgehead atoms. The van der Waals surface area contributed by atoms with Crippen molar-refractivity contribution in [2.45, 2.75) is 4.90 Å². The lowest BCUT2D eigenvalue weighted by atomic mass is 10.2. The zero-order chi connectivity index (χ0) is 6.81. The lowest BCUT2D eigenvalue weighted by Crippen LogP contribution is -1.90. The first-order valence-corrected chi connectivity index (χ1v) is 3.67. The van der Waals surface area contributed by atoms with Gasteiger partial charge in [-0.25, -0.2) is 0 Å². The Morgan fingerprint density at radius 1 is 1.30 bits per heavy atom. The van der Waals surface area contributed by atoms with Crippen LogP contribution in [-0.2, 0) is 4.28 Å². The maximum atomic E-state index is 4.78. The van der Waals surface area contributed by atoms with Gasteiger partial charge in [0.1, 0.15) is 12.0 Å². The molecule has 3 heteroatoms. The molecule has 0 amide bonds. The van der Waals surface area contributed by atoms with Crippen LogP contribution in [0.5, 0.6) is 0 Å². The molecule has 0 fully saturated rings. The topological polar surface area (TPSA) is 21.6 Å². The van der Waals surface area contributed by atoms with Crippen LogP contribution in [0.1, 0.15) is 5.56 Å². The van der Waals surface area contributed by atoms with Crippen molar-refractivity contribution in [3.05, 3.63) is 29.8 Å². The third-order valence-electron chi connectivity index (χ3n) is 1.28. The maximum Gasteiger partial charge on any atom is 0.125 e. The van der Waals surface area contributed by atoms with Crippen molar-refractivity contribution in [2.75, 3.05) is 0 Å². The average Bonchev–Trinajstić information content (AvgIpc) is 2.05. The summed E-state index contributed by atoms with van der Waals surface area (Å²) in [6.07, 6.45) is 1.71. The van der Waals surface area contributed by atoms with Crippen LogP contribution in [0.25, 0.3) is 0 Å². The summed E-state index contributed by atoms with van der Waals surface area (Å²) >= 11 is 1.29. The Bertz CT molecular complexity index is 272. The van der Waals surface area contributed by atoms with Crippen molar-refractivity contribution in [1.29, 1.82) is 0 Å². The normalized spacial score (nSPS) is 14.0. The number of oxime groups is 1. The molecule has 2 nitrogen and oxygen atoms in total. The molecular weight excluding hydrogens is 146 g/mol. The van der Waals surface area contributed by atoms with Crippen molar-refractivity contribution in [2.24, 2.45) is 5.16 Å². The molecule has 50 valence electrons. The highest BCUT2D eigenvalue weighted by Crippen LogP contribution is 2.25. The van der Waals surface area contributed by atoms with E-state index in [9.17, 15) is 0 Å². The lowest BCUT2D eigenvalue weighted by molar-refractivity contribution is 0.405. The van der Waals surface area contributed by atoms with Crippen LogP contribution in [0.3, 0.4) is 0 Å². The summed E-state index contributed by atoms with van der Waals surface area (Å²) in [4.78, 5) is 1.12. The van der Waals surface area contributed by atoms with Gasteiger partial charge in [0, 0.05) is 5.56 Å². The Balaban J connectivity index is 2.54. The van der Waals surface area contributed by atoms with Gasteiger partial charge in [-0.05, 0) is 6.07 Å². The number of benzene rings is 1. The Hall–Kier alpha value is -0.960. The zero-order valence-electron chi connectivity index (χ0n) is 5.15. The highest BCUT2D eigenvalue weighted by Gasteiger charge is 2.04. The smallest absolute Gasteiger partial charge is 0.125 e. The molecule has 0 atom stereocenters. The lowest BCUT2D eigenvalue weighted by Gasteiger charge is -2.05. The molecule has 0 radical (unpaired) electrons. The molecule has 0 aromatic heterocycles. The van der Waals surface area contributed by atoms with E-state index < -0.39 is 0 Å². The van der Waals surface area contributed by atoms with Gasteiger partial charge in [-0.15, -0.1) is 0 Å². The maximum absolute atomic E-state index is 4.78. The van der Waals surface area contributed by atoms with Gasteiger partial charge in [0.2, 0.25) is 0 Å². The van der Waals surface area contributed by atoms with Crippen LogP contribution in [0.15, 0.2) is 34.3 Å². The predicted molar refractivity (Wildman–Crippen MR) is 41.0 cm³/mol. The number of nitrogens with zero attached hydrogens (tertiary/aromatic N) is 1. The van der Waals surface area contributed by atoms with Crippen molar-refractivity contribution in [3.63, 3.8) is 0 Å². The second kappa shape index (κ2) is 2.34. The van der Waals surface area contributed by atoms with E-state index in [1.165, 1.54) is 12.0 Å². The molecule has 1 aromatic rings. The van der Waals surface area contributed by atoms with Crippen LogP contribution in [-0.4, -0.2) is 6.21 Å². The molecule has 0 saturated carbocycles. The second-order valence-electron chi connectivity index (χ2n) is 1.93. The molecular formula is C7H5NOS. The summed E-state index contributed by atoms with van der Waals surface area (Å²) in [5.74, 6) is 0. The zero-order valence-corrected chi connectivity index (χ0v) is 5.97. The third kappa shape index (κ3) is 0.885. The van der Waals surface area contributed by atoms with Gasteiger partial charge in [0.25, 0.3) is 0 Å². The van der Waals surface area contributed by atoms with Crippen LogP contribution >= 0.6 is 12.0 Å². The quantitative estimate of drug-likeness (QED) is 0.529. The molecule has 10 heavy (non-hydrogen) atoms. The van der Waals surface area contributed by atoms with Crippen molar-refractivity contribution in [1.82, 2.24) is 0 Å². The van der Waals surface area contributed by atoms with Crippen molar-refractivity contribution in [3.8, 4) is 0 Å². The molecule has 1 aliphatic rings. The molecule has 0 unspecified atom stereocenters. The van der Waals surface area contributed by atoms with Crippen LogP contribution in [0, 0.1) is 0 Å². The molecule has 0 aliphatic carbocycles. The van der Waals surface area contributed by atoms with Gasteiger partial charge in [-0.3, -0.25) is 0 Å². The SMILES string of the molecule is C1=NOSc2ccccc21. The van der Waals surface area contributed by atoms with Gasteiger partial charge in [0.15, 0.2) is 0 Å². The number of hydrogen-bond donors (Lipinski definition) is 0. The largest absolute Gasteiger partial charge is 0.317 e. The Labute approximate surface area is 63.1 Å². The fourth-order valence-corrected chi connectivity index (χ4v) is 1.32. The van der Waals surface area contributed by atoms with Crippen LogP contribution in [0.2, 0.25) is 0 Å². The van der Waals surface area contributed by atoms with Crippen LogP contribution in [0.4, 0.5) is 0 Å². The Kier molecular flexibility index (Phi) is 1.36. The van der Waals surface area contributed by atoms with E-state index in [1.807, 2.05) is 24.3 Å². The predicted octanol–water partition coefficient (Wildman–Crippen LogP) is 2.06. The fourth-order valence-electron chi connectivity index (χ4n) is 0.803. The van der Waals surface area contributed by atoms with E-state index in [-0.39, 0.29) is 0 Å². The Morgan fingerprint density at radius 3 is 3.10 bits per heavy atom. The van der Waals surface area contributed by atoms with Gasteiger partial charge in [0.05, 0.1) is 11.1 Å². The van der Waals surface area contributed by atoms with E-state index in [0.717, 1.165) is 10.5 Å². The number of rotatable bonds is 0. The standard InChI is InChI=1S/C7H5NOS/c1-2-4-7-6(3-1)5-8-9-10-7/h1-5H. The number of hydrogen-bond acceptors (Lipinski definition) is 3. The van der Waals surface area contributed by atoms with Crippen molar-refractivity contribution < 1.29 is 4.28 Å². The second-order valence-corrected chi connectivity index (χ2v) is 2.69. The first-order chi connectivity index (χ1) is 4.97. The highest BCUT2D eigenvalue weighted by molar-refractivity contribution is 7.94. The molecule has 0 spiro atoms. The van der Waals surface area contributed by atoms with Gasteiger partial charge in [-0.1, -0.05) is 23.4 Å². The summed E-state index contributed by atoms with van der Waals surface area (Å²) < 4.78 is 4.78. The monoisotopic (exact) mass is 151 g/mol. The average molecular weight is 151 g/mol. The highest BCUT2D eigenvalue weighted by atomic mass is 32.2. The molecule has 1 aromatic carbocycles. The molecule has 0 saturated heterocycles. The van der Waals surface area contributed by atoms with Gasteiger partial charge >= 0.3 is 0 Å². The van der Waals surface area contributed by atoms with Crippen molar-refractivity contribution >= 4 is 18.3 Å². The van der Waals surface area contributed by atoms with E-state index in [4.69, 9.17) is 4.28 Å².